The number of amides is 1. The van der Waals surface area contributed by atoms with Gasteiger partial charge in [0, 0.05) is 43.0 Å². The molecule has 26 heavy (non-hydrogen) atoms. The van der Waals surface area contributed by atoms with Gasteiger partial charge in [-0.1, -0.05) is 26.8 Å². The zero-order valence-electron chi connectivity index (χ0n) is 15.9. The summed E-state index contributed by atoms with van der Waals surface area (Å²) in [6.45, 7) is 10.9. The molecule has 0 aliphatic carbocycles. The Morgan fingerprint density at radius 1 is 1.19 bits per heavy atom. The monoisotopic (exact) mass is 372 g/mol. The number of pyridine rings is 1. The van der Waals surface area contributed by atoms with E-state index in [0.29, 0.717) is 0 Å². The quantitative estimate of drug-likeness (QED) is 0.886. The van der Waals surface area contributed by atoms with Crippen LogP contribution in [0.5, 0.6) is 0 Å². The molecule has 1 aliphatic rings. The molecule has 0 atom stereocenters. The fourth-order valence-corrected chi connectivity index (χ4v) is 3.69. The minimum atomic E-state index is -0.407. The summed E-state index contributed by atoms with van der Waals surface area (Å²) in [4.78, 5) is 22.9. The van der Waals surface area contributed by atoms with E-state index in [1.54, 1.807) is 6.20 Å². The number of carbonyl (C=O) groups excluding carboxylic acids is 1. The lowest BCUT2D eigenvalue weighted by molar-refractivity contribution is -0.123. The summed E-state index contributed by atoms with van der Waals surface area (Å²) in [5, 5.41) is 5.07. The second-order valence-corrected chi connectivity index (χ2v) is 8.84. The van der Waals surface area contributed by atoms with E-state index < -0.39 is 5.41 Å². The third-order valence-electron chi connectivity index (χ3n) is 4.56. The zero-order valence-corrected chi connectivity index (χ0v) is 16.7. The molecule has 5 nitrogen and oxygen atoms in total. The van der Waals surface area contributed by atoms with Gasteiger partial charge in [-0.2, -0.15) is 0 Å². The lowest BCUT2D eigenvalue weighted by atomic mass is 9.96. The van der Waals surface area contributed by atoms with Gasteiger partial charge in [-0.3, -0.25) is 9.69 Å². The minimum absolute atomic E-state index is 0.00559. The molecule has 6 heteroatoms. The van der Waals surface area contributed by atoms with Gasteiger partial charge >= 0.3 is 0 Å². The van der Waals surface area contributed by atoms with E-state index in [-0.39, 0.29) is 5.91 Å². The third-order valence-corrected chi connectivity index (χ3v) is 5.42. The summed E-state index contributed by atoms with van der Waals surface area (Å²) in [6.07, 6.45) is 2.89. The Morgan fingerprint density at radius 2 is 2.04 bits per heavy atom. The molecule has 1 saturated heterocycles. The number of anilines is 2. The molecular weight excluding hydrogens is 344 g/mol. The van der Waals surface area contributed by atoms with Crippen LogP contribution in [-0.2, 0) is 11.3 Å². The number of hydrogen-bond donors (Lipinski definition) is 1. The van der Waals surface area contributed by atoms with Crippen molar-refractivity contribution in [2.45, 2.75) is 33.7 Å². The van der Waals surface area contributed by atoms with Crippen molar-refractivity contribution >= 4 is 28.7 Å². The minimum Gasteiger partial charge on any atom is -0.355 e. The Labute approximate surface area is 160 Å². The summed E-state index contributed by atoms with van der Waals surface area (Å²) in [6, 6.07) is 8.28. The lowest BCUT2D eigenvalue weighted by Crippen LogP contribution is -2.31. The van der Waals surface area contributed by atoms with Crippen LogP contribution < -0.4 is 10.2 Å². The molecule has 1 N–H and O–H groups in total. The van der Waals surface area contributed by atoms with Crippen molar-refractivity contribution in [3.05, 3.63) is 40.7 Å². The van der Waals surface area contributed by atoms with Crippen LogP contribution in [0.1, 0.15) is 32.1 Å². The van der Waals surface area contributed by atoms with E-state index in [0.717, 1.165) is 50.6 Å². The first kappa shape index (κ1) is 18.9. The Hall–Kier alpha value is -1.92. The van der Waals surface area contributed by atoms with Gasteiger partial charge in [0.2, 0.25) is 5.91 Å². The molecule has 1 amide bonds. The maximum atomic E-state index is 12.1. The number of thiophene rings is 1. The Balaban J connectivity index is 1.56. The largest absolute Gasteiger partial charge is 0.355 e. The predicted octanol–water partition coefficient (Wildman–Crippen LogP) is 3.84. The van der Waals surface area contributed by atoms with Crippen molar-refractivity contribution in [2.75, 3.05) is 36.4 Å². The van der Waals surface area contributed by atoms with Crippen molar-refractivity contribution in [1.82, 2.24) is 9.88 Å². The molecule has 140 valence electrons. The Morgan fingerprint density at radius 3 is 2.69 bits per heavy atom. The molecule has 0 bridgehead atoms. The molecule has 0 radical (unpaired) electrons. The number of nitrogens with one attached hydrogen (secondary N) is 1. The number of carbonyl (C=O) groups is 1. The normalized spacial score (nSPS) is 16.3. The molecule has 0 aromatic carbocycles. The predicted molar refractivity (Wildman–Crippen MR) is 109 cm³/mol. The van der Waals surface area contributed by atoms with Crippen molar-refractivity contribution in [2.24, 2.45) is 5.41 Å². The first-order chi connectivity index (χ1) is 12.4. The average Bonchev–Trinajstić information content (AvgIpc) is 2.99. The summed E-state index contributed by atoms with van der Waals surface area (Å²) in [5.41, 5.74) is 0.345. The summed E-state index contributed by atoms with van der Waals surface area (Å²) >= 11 is 1.83. The highest BCUT2D eigenvalue weighted by atomic mass is 32.1. The maximum absolute atomic E-state index is 12.1. The molecule has 3 rings (SSSR count). The zero-order chi connectivity index (χ0) is 18.6. The standard InChI is InChI=1S/C20H28N4OS/c1-20(2,3)19(25)22-16-7-8-18(21-14-16)24-10-5-9-23(11-12-24)15-17-6-4-13-26-17/h4,6-8,13-14H,5,9-12,15H2,1-3H3,(H,22,25). The van der Waals surface area contributed by atoms with Gasteiger partial charge < -0.3 is 10.2 Å². The van der Waals surface area contributed by atoms with E-state index in [4.69, 9.17) is 0 Å². The van der Waals surface area contributed by atoms with E-state index >= 15 is 0 Å². The second kappa shape index (κ2) is 8.18. The van der Waals surface area contributed by atoms with Crippen LogP contribution in [0.2, 0.25) is 0 Å². The van der Waals surface area contributed by atoms with E-state index in [1.165, 1.54) is 4.88 Å². The lowest BCUT2D eigenvalue weighted by Gasteiger charge is -2.23. The van der Waals surface area contributed by atoms with Crippen molar-refractivity contribution < 1.29 is 4.79 Å². The molecular formula is C20H28N4OS. The molecule has 0 unspecified atom stereocenters. The van der Waals surface area contributed by atoms with Crippen LogP contribution in [0.15, 0.2) is 35.8 Å². The smallest absolute Gasteiger partial charge is 0.229 e. The van der Waals surface area contributed by atoms with E-state index in [1.807, 2.05) is 44.2 Å². The van der Waals surface area contributed by atoms with Gasteiger partial charge in [0.25, 0.3) is 0 Å². The third kappa shape index (κ3) is 5.05. The van der Waals surface area contributed by atoms with Crippen LogP contribution in [0.4, 0.5) is 11.5 Å². The first-order valence-electron chi connectivity index (χ1n) is 9.19. The van der Waals surface area contributed by atoms with Crippen molar-refractivity contribution in [3.8, 4) is 0 Å². The van der Waals surface area contributed by atoms with Crippen LogP contribution in [0.3, 0.4) is 0 Å². The molecule has 1 aliphatic heterocycles. The molecule has 1 fully saturated rings. The molecule has 3 heterocycles. The SMILES string of the molecule is CC(C)(C)C(=O)Nc1ccc(N2CCCN(Cc3cccs3)CC2)nc1. The van der Waals surface area contributed by atoms with Crippen molar-refractivity contribution in [1.29, 1.82) is 0 Å². The van der Waals surface area contributed by atoms with Gasteiger partial charge in [0.05, 0.1) is 11.9 Å². The topological polar surface area (TPSA) is 48.5 Å². The van der Waals surface area contributed by atoms with Gasteiger partial charge in [-0.15, -0.1) is 11.3 Å². The number of hydrogen-bond acceptors (Lipinski definition) is 5. The second-order valence-electron chi connectivity index (χ2n) is 7.81. The van der Waals surface area contributed by atoms with E-state index in [9.17, 15) is 4.79 Å². The molecule has 2 aromatic rings. The van der Waals surface area contributed by atoms with Crippen LogP contribution >= 0.6 is 11.3 Å². The maximum Gasteiger partial charge on any atom is 0.229 e. The molecule has 2 aromatic heterocycles. The van der Waals surface area contributed by atoms with Crippen LogP contribution in [0, 0.1) is 5.41 Å². The highest BCUT2D eigenvalue weighted by molar-refractivity contribution is 7.09. The molecule has 0 spiro atoms. The number of nitrogens with zero attached hydrogens (tertiary/aromatic N) is 3. The Kier molecular flexibility index (Phi) is 5.94. The van der Waals surface area contributed by atoms with Crippen molar-refractivity contribution in [3.63, 3.8) is 0 Å². The fraction of sp³-hybridized carbons (Fsp3) is 0.500. The highest BCUT2D eigenvalue weighted by Crippen LogP contribution is 2.20. The van der Waals surface area contributed by atoms with Crippen LogP contribution in [-0.4, -0.2) is 42.0 Å². The van der Waals surface area contributed by atoms with Gasteiger partial charge in [0.15, 0.2) is 0 Å². The highest BCUT2D eigenvalue weighted by Gasteiger charge is 2.21. The van der Waals surface area contributed by atoms with E-state index in [2.05, 4.69) is 37.6 Å². The first-order valence-corrected chi connectivity index (χ1v) is 10.1. The summed E-state index contributed by atoms with van der Waals surface area (Å²) in [5.74, 6) is 0.989. The van der Waals surface area contributed by atoms with Crippen LogP contribution in [0.25, 0.3) is 0 Å². The van der Waals surface area contributed by atoms with Gasteiger partial charge in [-0.25, -0.2) is 4.98 Å². The van der Waals surface area contributed by atoms with Gasteiger partial charge in [-0.05, 0) is 30.0 Å². The number of rotatable bonds is 4. The fourth-order valence-electron chi connectivity index (χ4n) is 2.95. The summed E-state index contributed by atoms with van der Waals surface area (Å²) < 4.78 is 0. The van der Waals surface area contributed by atoms with Gasteiger partial charge in [0.1, 0.15) is 5.82 Å². The average molecular weight is 373 g/mol. The number of aromatic nitrogens is 1. The summed E-state index contributed by atoms with van der Waals surface area (Å²) in [7, 11) is 0. The molecule has 0 saturated carbocycles. The Bertz CT molecular complexity index is 706.